The first-order valence-corrected chi connectivity index (χ1v) is 41.6. The molecule has 0 aromatic rings. The van der Waals surface area contributed by atoms with Crippen molar-refractivity contribution in [1.29, 1.82) is 0 Å². The van der Waals surface area contributed by atoms with E-state index in [9.17, 15) is 19.8 Å². The number of ether oxygens (including phenoxy) is 1. The van der Waals surface area contributed by atoms with E-state index >= 15 is 0 Å². The monoisotopic (exact) mass is 1270 g/mol. The van der Waals surface area contributed by atoms with Crippen LogP contribution in [0.5, 0.6) is 0 Å². The minimum absolute atomic E-state index is 0.0222. The Morgan fingerprint density at radius 2 is 0.522 bits per heavy atom. The third-order valence-electron chi connectivity index (χ3n) is 19.7. The number of esters is 1. The van der Waals surface area contributed by atoms with Gasteiger partial charge in [0, 0.05) is 12.8 Å². The van der Waals surface area contributed by atoms with Crippen molar-refractivity contribution in [3.05, 3.63) is 24.3 Å². The van der Waals surface area contributed by atoms with Gasteiger partial charge in [-0.1, -0.05) is 430 Å². The summed E-state index contributed by atoms with van der Waals surface area (Å²) in [5, 5.41) is 23.3. The molecule has 0 aromatic heterocycles. The summed E-state index contributed by atoms with van der Waals surface area (Å²) in [4.78, 5) is 24.7. The summed E-state index contributed by atoms with van der Waals surface area (Å²) in [5.74, 6) is -0.0358. The lowest BCUT2D eigenvalue weighted by molar-refractivity contribution is -0.143. The Hall–Kier alpha value is -1.66. The molecule has 0 radical (unpaired) electrons. The zero-order valence-corrected chi connectivity index (χ0v) is 61.4. The number of hydrogen-bond donors (Lipinski definition) is 3. The minimum Gasteiger partial charge on any atom is -0.466 e. The molecule has 2 atom stereocenters. The van der Waals surface area contributed by atoms with Crippen molar-refractivity contribution in [2.45, 2.75) is 488 Å². The van der Waals surface area contributed by atoms with Gasteiger partial charge in [0.05, 0.1) is 25.4 Å². The number of carbonyl (C=O) groups is 2. The van der Waals surface area contributed by atoms with Crippen LogP contribution in [0.3, 0.4) is 0 Å². The van der Waals surface area contributed by atoms with Crippen molar-refractivity contribution < 1.29 is 24.5 Å². The van der Waals surface area contributed by atoms with Gasteiger partial charge in [-0.2, -0.15) is 0 Å². The molecule has 0 saturated carbocycles. The highest BCUT2D eigenvalue weighted by Crippen LogP contribution is 2.20. The molecular formula is C84H163NO5. The van der Waals surface area contributed by atoms with E-state index in [1.54, 1.807) is 6.08 Å². The standard InChI is InChI=1S/C84H163NO5/c1-3-5-7-9-11-13-15-17-19-21-23-37-41-44-48-52-56-60-64-68-72-76-82(87)81(80-86)85-83(88)77-73-69-65-61-57-53-49-45-42-38-35-33-31-29-27-25-24-26-28-30-32-34-36-39-43-47-51-55-59-63-67-71-75-79-90-84(89)78-74-70-66-62-58-54-50-46-40-22-20-18-16-14-12-10-8-6-4-2/h18,20,72,76,81-82,86-87H,3-17,19,21-71,73-75,77-80H2,1-2H3,(H,85,88)/b20-18-,76-72+. The second kappa shape index (κ2) is 79.8. The fraction of sp³-hybridized carbons (Fsp3) is 0.929. The molecule has 0 fully saturated rings. The Kier molecular flexibility index (Phi) is 78.3. The number of aliphatic hydroxyl groups excluding tert-OH is 2. The Morgan fingerprint density at radius 1 is 0.300 bits per heavy atom. The Bertz CT molecular complexity index is 1410. The van der Waals surface area contributed by atoms with E-state index in [-0.39, 0.29) is 18.5 Å². The smallest absolute Gasteiger partial charge is 0.305 e. The quantitative estimate of drug-likeness (QED) is 0.0320. The van der Waals surface area contributed by atoms with Gasteiger partial charge in [0.15, 0.2) is 0 Å². The molecular weight excluding hydrogens is 1100 g/mol. The Balaban J connectivity index is 3.33. The fourth-order valence-electron chi connectivity index (χ4n) is 13.4. The van der Waals surface area contributed by atoms with E-state index in [0.717, 1.165) is 38.5 Å². The minimum atomic E-state index is -0.842. The van der Waals surface area contributed by atoms with Crippen molar-refractivity contribution >= 4 is 11.9 Å². The summed E-state index contributed by atoms with van der Waals surface area (Å²) in [5.41, 5.74) is 0. The van der Waals surface area contributed by atoms with Gasteiger partial charge in [-0.3, -0.25) is 9.59 Å². The van der Waals surface area contributed by atoms with E-state index in [2.05, 4.69) is 31.3 Å². The predicted molar refractivity (Wildman–Crippen MR) is 398 cm³/mol. The lowest BCUT2D eigenvalue weighted by atomic mass is 10.0. The van der Waals surface area contributed by atoms with Gasteiger partial charge < -0.3 is 20.3 Å². The van der Waals surface area contributed by atoms with E-state index in [1.165, 1.54) is 411 Å². The first-order chi connectivity index (χ1) is 44.5. The normalized spacial score (nSPS) is 12.5. The second-order valence-corrected chi connectivity index (χ2v) is 28.8. The Morgan fingerprint density at radius 3 is 0.789 bits per heavy atom. The van der Waals surface area contributed by atoms with Gasteiger partial charge in [0.2, 0.25) is 5.91 Å². The van der Waals surface area contributed by atoms with Crippen LogP contribution in [0.1, 0.15) is 476 Å². The topological polar surface area (TPSA) is 95.9 Å². The zero-order valence-electron chi connectivity index (χ0n) is 61.4. The molecule has 6 nitrogen and oxygen atoms in total. The van der Waals surface area contributed by atoms with Crippen LogP contribution < -0.4 is 5.32 Å². The number of unbranched alkanes of at least 4 members (excludes halogenated alkanes) is 66. The zero-order chi connectivity index (χ0) is 64.9. The van der Waals surface area contributed by atoms with Crippen LogP contribution in [0.4, 0.5) is 0 Å². The van der Waals surface area contributed by atoms with Gasteiger partial charge in [0.1, 0.15) is 0 Å². The lowest BCUT2D eigenvalue weighted by Crippen LogP contribution is -2.45. The van der Waals surface area contributed by atoms with E-state index in [0.29, 0.717) is 19.4 Å². The van der Waals surface area contributed by atoms with Crippen molar-refractivity contribution in [1.82, 2.24) is 5.32 Å². The molecule has 0 spiro atoms. The number of amides is 1. The highest BCUT2D eigenvalue weighted by Gasteiger charge is 2.18. The molecule has 0 saturated heterocycles. The van der Waals surface area contributed by atoms with Crippen LogP contribution in [0, 0.1) is 0 Å². The molecule has 0 aliphatic rings. The van der Waals surface area contributed by atoms with Gasteiger partial charge in [-0.05, 0) is 57.8 Å². The highest BCUT2D eigenvalue weighted by molar-refractivity contribution is 5.76. The molecule has 0 aromatic carbocycles. The molecule has 3 N–H and O–H groups in total. The number of rotatable bonds is 79. The number of carbonyl (C=O) groups excluding carboxylic acids is 2. The number of nitrogens with one attached hydrogen (secondary N) is 1. The maximum atomic E-state index is 12.5. The summed E-state index contributed by atoms with van der Waals surface area (Å²) < 4.78 is 5.52. The molecule has 0 rings (SSSR count). The summed E-state index contributed by atoms with van der Waals surface area (Å²) in [6, 6.07) is -0.625. The Labute approximate surface area is 564 Å². The van der Waals surface area contributed by atoms with E-state index < -0.39 is 12.1 Å². The SMILES string of the molecule is CCCCCCCC/C=C\CCCCCCCCCCCC(=O)OCCCCCCCCCCCCCCCCCCCCCCCCCCCCCCCCCCCC(=O)NC(CO)C(O)/C=C/CCCCCCCCCCCCCCCCCCCCC. The first-order valence-electron chi connectivity index (χ1n) is 41.6. The summed E-state index contributed by atoms with van der Waals surface area (Å²) in [7, 11) is 0. The van der Waals surface area contributed by atoms with E-state index in [4.69, 9.17) is 4.74 Å². The summed E-state index contributed by atoms with van der Waals surface area (Å²) >= 11 is 0. The van der Waals surface area contributed by atoms with Crippen molar-refractivity contribution in [3.8, 4) is 0 Å². The van der Waals surface area contributed by atoms with E-state index in [1.807, 2.05) is 6.08 Å². The molecule has 90 heavy (non-hydrogen) atoms. The van der Waals surface area contributed by atoms with Gasteiger partial charge >= 0.3 is 5.97 Å². The summed E-state index contributed by atoms with van der Waals surface area (Å²) in [6.07, 6.45) is 103. The molecule has 1 amide bonds. The lowest BCUT2D eigenvalue weighted by Gasteiger charge is -2.20. The molecule has 0 heterocycles. The predicted octanol–water partition coefficient (Wildman–Crippen LogP) is 27.6. The molecule has 0 aliphatic carbocycles. The second-order valence-electron chi connectivity index (χ2n) is 28.8. The number of allylic oxidation sites excluding steroid dienone is 3. The van der Waals surface area contributed by atoms with Gasteiger partial charge in [-0.25, -0.2) is 0 Å². The van der Waals surface area contributed by atoms with Crippen LogP contribution in [0.25, 0.3) is 0 Å². The van der Waals surface area contributed by atoms with Crippen LogP contribution in [-0.2, 0) is 14.3 Å². The highest BCUT2D eigenvalue weighted by atomic mass is 16.5. The molecule has 6 heteroatoms. The maximum Gasteiger partial charge on any atom is 0.305 e. The van der Waals surface area contributed by atoms with Crippen LogP contribution in [-0.4, -0.2) is 47.4 Å². The third kappa shape index (κ3) is 75.4. The largest absolute Gasteiger partial charge is 0.466 e. The van der Waals surface area contributed by atoms with Crippen LogP contribution in [0.15, 0.2) is 24.3 Å². The molecule has 534 valence electrons. The molecule has 0 bridgehead atoms. The molecule has 0 aliphatic heterocycles. The third-order valence-corrected chi connectivity index (χ3v) is 19.7. The average Bonchev–Trinajstić information content (AvgIpc) is 3.65. The molecule has 2 unspecified atom stereocenters. The van der Waals surface area contributed by atoms with Crippen molar-refractivity contribution in [2.24, 2.45) is 0 Å². The van der Waals surface area contributed by atoms with Gasteiger partial charge in [0.25, 0.3) is 0 Å². The van der Waals surface area contributed by atoms with Gasteiger partial charge in [-0.15, -0.1) is 0 Å². The summed E-state index contributed by atoms with van der Waals surface area (Å²) in [6.45, 7) is 4.96. The first kappa shape index (κ1) is 88.3. The average molecular weight is 1270 g/mol. The number of aliphatic hydroxyl groups is 2. The van der Waals surface area contributed by atoms with Crippen molar-refractivity contribution in [3.63, 3.8) is 0 Å². The van der Waals surface area contributed by atoms with Crippen LogP contribution >= 0.6 is 0 Å². The van der Waals surface area contributed by atoms with Crippen LogP contribution in [0.2, 0.25) is 0 Å². The number of hydrogen-bond acceptors (Lipinski definition) is 5. The van der Waals surface area contributed by atoms with Crippen molar-refractivity contribution in [2.75, 3.05) is 13.2 Å². The fourth-order valence-corrected chi connectivity index (χ4v) is 13.4. The maximum absolute atomic E-state index is 12.5.